The van der Waals surface area contributed by atoms with E-state index in [4.69, 9.17) is 0 Å². The summed E-state index contributed by atoms with van der Waals surface area (Å²) < 4.78 is 0. The minimum absolute atomic E-state index is 0.693. The molecule has 2 atom stereocenters. The van der Waals surface area contributed by atoms with Crippen molar-refractivity contribution in [2.75, 3.05) is 11.9 Å². The van der Waals surface area contributed by atoms with Crippen LogP contribution in [0.25, 0.3) is 0 Å². The van der Waals surface area contributed by atoms with Gasteiger partial charge in [-0.2, -0.15) is 0 Å². The molecule has 0 radical (unpaired) electrons. The maximum absolute atomic E-state index is 4.34. The van der Waals surface area contributed by atoms with E-state index in [0.717, 1.165) is 17.8 Å². The van der Waals surface area contributed by atoms with Crippen LogP contribution in [0, 0.1) is 5.92 Å². The first-order valence-corrected chi connectivity index (χ1v) is 6.99. The van der Waals surface area contributed by atoms with Crippen molar-refractivity contribution in [1.29, 1.82) is 0 Å². The first kappa shape index (κ1) is 10.6. The molecule has 0 saturated carbocycles. The molecule has 0 aromatic carbocycles. The Morgan fingerprint density at radius 2 is 2.57 bits per heavy atom. The lowest BCUT2D eigenvalue weighted by molar-refractivity contribution is 0.244. The van der Waals surface area contributed by atoms with Crippen LogP contribution in [0.4, 0.5) is 0 Å². The zero-order chi connectivity index (χ0) is 9.97. The normalized spacial score (nSPS) is 28.4. The van der Waals surface area contributed by atoms with Crippen molar-refractivity contribution >= 4 is 27.3 Å². The lowest BCUT2D eigenvalue weighted by Gasteiger charge is -2.23. The number of likely N-dealkylation sites (tertiary alicyclic amines) is 1. The fraction of sp³-hybridized carbons (Fsp3) is 0.700. The summed E-state index contributed by atoms with van der Waals surface area (Å²) in [6.45, 7) is 4.59. The number of alkyl halides is 1. The van der Waals surface area contributed by atoms with Crippen LogP contribution in [0.1, 0.15) is 18.4 Å². The molecule has 2 nitrogen and oxygen atoms in total. The van der Waals surface area contributed by atoms with Crippen molar-refractivity contribution in [3.05, 3.63) is 16.6 Å². The van der Waals surface area contributed by atoms with Crippen molar-refractivity contribution in [1.82, 2.24) is 9.88 Å². The number of hydrogen-bond donors (Lipinski definition) is 0. The molecule has 4 heteroatoms. The highest BCUT2D eigenvalue weighted by atomic mass is 79.9. The molecule has 1 aromatic heterocycles. The van der Waals surface area contributed by atoms with E-state index >= 15 is 0 Å². The molecule has 2 heterocycles. The molecule has 0 aliphatic carbocycles. The van der Waals surface area contributed by atoms with E-state index in [1.54, 1.807) is 11.3 Å². The fourth-order valence-electron chi connectivity index (χ4n) is 2.04. The van der Waals surface area contributed by atoms with Crippen LogP contribution in [0.15, 0.2) is 11.6 Å². The van der Waals surface area contributed by atoms with Gasteiger partial charge in [-0.15, -0.1) is 11.3 Å². The maximum Gasteiger partial charge on any atom is 0.107 e. The summed E-state index contributed by atoms with van der Waals surface area (Å²) in [6, 6.07) is 0.693. The predicted octanol–water partition coefficient (Wildman–Crippen LogP) is 2.75. The third-order valence-corrected chi connectivity index (χ3v) is 4.41. The van der Waals surface area contributed by atoms with Gasteiger partial charge in [-0.1, -0.05) is 22.9 Å². The molecule has 78 valence electrons. The van der Waals surface area contributed by atoms with E-state index in [1.807, 2.05) is 6.20 Å². The Morgan fingerprint density at radius 3 is 3.21 bits per heavy atom. The highest BCUT2D eigenvalue weighted by Gasteiger charge is 2.30. The summed E-state index contributed by atoms with van der Waals surface area (Å²) in [5.74, 6) is 0.814. The highest BCUT2D eigenvalue weighted by molar-refractivity contribution is 9.09. The van der Waals surface area contributed by atoms with Crippen LogP contribution in [-0.2, 0) is 6.54 Å². The minimum Gasteiger partial charge on any atom is -0.293 e. The number of nitrogens with zero attached hydrogens (tertiary/aromatic N) is 2. The van der Waals surface area contributed by atoms with Gasteiger partial charge >= 0.3 is 0 Å². The van der Waals surface area contributed by atoms with Gasteiger partial charge < -0.3 is 0 Å². The molecule has 1 saturated heterocycles. The van der Waals surface area contributed by atoms with Gasteiger partial charge in [0.15, 0.2) is 0 Å². The summed E-state index contributed by atoms with van der Waals surface area (Å²) in [6.07, 6.45) is 3.21. The first-order chi connectivity index (χ1) is 6.81. The lowest BCUT2D eigenvalue weighted by Crippen LogP contribution is -2.32. The van der Waals surface area contributed by atoms with E-state index < -0.39 is 0 Å². The molecule has 14 heavy (non-hydrogen) atoms. The van der Waals surface area contributed by atoms with Gasteiger partial charge in [0, 0.05) is 22.9 Å². The first-order valence-electron chi connectivity index (χ1n) is 4.99. The second-order valence-electron chi connectivity index (χ2n) is 3.88. The van der Waals surface area contributed by atoms with Crippen molar-refractivity contribution in [2.45, 2.75) is 25.9 Å². The van der Waals surface area contributed by atoms with Crippen molar-refractivity contribution in [3.8, 4) is 0 Å². The summed E-state index contributed by atoms with van der Waals surface area (Å²) in [5, 5.41) is 4.38. The van der Waals surface area contributed by atoms with Crippen molar-refractivity contribution in [3.63, 3.8) is 0 Å². The average molecular weight is 275 g/mol. The zero-order valence-electron chi connectivity index (χ0n) is 8.32. The SMILES string of the molecule is CC1CCN(Cc2nccs2)C1CBr. The summed E-state index contributed by atoms with van der Waals surface area (Å²) in [7, 11) is 0. The monoisotopic (exact) mass is 274 g/mol. The van der Waals surface area contributed by atoms with E-state index in [0.29, 0.717) is 6.04 Å². The Hall–Kier alpha value is 0.0700. The Balaban J connectivity index is 1.98. The molecule has 1 aliphatic rings. The quantitative estimate of drug-likeness (QED) is 0.788. The fourth-order valence-corrected chi connectivity index (χ4v) is 3.73. The molecule has 2 rings (SSSR count). The van der Waals surface area contributed by atoms with E-state index in [9.17, 15) is 0 Å². The number of thiazole rings is 1. The predicted molar refractivity (Wildman–Crippen MR) is 63.9 cm³/mol. The van der Waals surface area contributed by atoms with Gasteiger partial charge in [-0.05, 0) is 18.9 Å². The van der Waals surface area contributed by atoms with Gasteiger partial charge in [0.05, 0.1) is 6.54 Å². The molecule has 0 N–H and O–H groups in total. The van der Waals surface area contributed by atoms with Crippen molar-refractivity contribution < 1.29 is 0 Å². The van der Waals surface area contributed by atoms with Crippen molar-refractivity contribution in [2.24, 2.45) is 5.92 Å². The molecule has 2 unspecified atom stereocenters. The molecule has 0 spiro atoms. The number of halogens is 1. The maximum atomic E-state index is 4.34. The van der Waals surface area contributed by atoms with Gasteiger partial charge in [-0.25, -0.2) is 4.98 Å². The average Bonchev–Trinajstić information content (AvgIpc) is 2.77. The van der Waals surface area contributed by atoms with Gasteiger partial charge in [0.25, 0.3) is 0 Å². The Labute approximate surface area is 97.5 Å². The van der Waals surface area contributed by atoms with Crippen LogP contribution in [0.5, 0.6) is 0 Å². The molecule has 0 bridgehead atoms. The highest BCUT2D eigenvalue weighted by Crippen LogP contribution is 2.27. The molecule has 1 aliphatic heterocycles. The molecular weight excluding hydrogens is 260 g/mol. The van der Waals surface area contributed by atoms with Gasteiger partial charge in [0.2, 0.25) is 0 Å². The Morgan fingerprint density at radius 1 is 1.71 bits per heavy atom. The largest absolute Gasteiger partial charge is 0.293 e. The van der Waals surface area contributed by atoms with Gasteiger partial charge in [0.1, 0.15) is 5.01 Å². The third-order valence-electron chi connectivity index (χ3n) is 2.98. The number of hydrogen-bond acceptors (Lipinski definition) is 3. The Bertz CT molecular complexity index is 276. The van der Waals surface area contributed by atoms with Crippen LogP contribution < -0.4 is 0 Å². The topological polar surface area (TPSA) is 16.1 Å². The summed E-state index contributed by atoms with van der Waals surface area (Å²) in [5.41, 5.74) is 0. The van der Waals surface area contributed by atoms with Crippen LogP contribution in [0.3, 0.4) is 0 Å². The third kappa shape index (κ3) is 2.18. The number of rotatable bonds is 3. The summed E-state index contributed by atoms with van der Waals surface area (Å²) >= 11 is 5.36. The molecule has 1 fully saturated rings. The van der Waals surface area contributed by atoms with Gasteiger partial charge in [-0.3, -0.25) is 4.90 Å². The van der Waals surface area contributed by atoms with E-state index in [-0.39, 0.29) is 0 Å². The Kier molecular flexibility index (Phi) is 3.57. The van der Waals surface area contributed by atoms with E-state index in [1.165, 1.54) is 18.0 Å². The van der Waals surface area contributed by atoms with E-state index in [2.05, 4.69) is 38.1 Å². The number of aromatic nitrogens is 1. The molecular formula is C10H15BrN2S. The van der Waals surface area contributed by atoms with Crippen LogP contribution >= 0.6 is 27.3 Å². The summed E-state index contributed by atoms with van der Waals surface area (Å²) in [4.78, 5) is 6.87. The van der Waals surface area contributed by atoms with Crippen LogP contribution in [-0.4, -0.2) is 27.8 Å². The second-order valence-corrected chi connectivity index (χ2v) is 5.51. The lowest BCUT2D eigenvalue weighted by atomic mass is 10.1. The minimum atomic E-state index is 0.693. The standard InChI is InChI=1S/C10H15BrN2S/c1-8-2-4-13(9(8)6-11)7-10-12-3-5-14-10/h3,5,8-9H,2,4,6-7H2,1H3. The van der Waals surface area contributed by atoms with Crippen LogP contribution in [0.2, 0.25) is 0 Å². The zero-order valence-corrected chi connectivity index (χ0v) is 10.7. The smallest absolute Gasteiger partial charge is 0.107 e. The molecule has 1 aromatic rings. The second kappa shape index (κ2) is 4.73. The molecule has 0 amide bonds.